The molecule has 0 aliphatic carbocycles. The highest BCUT2D eigenvalue weighted by Gasteiger charge is 1.97. The molecule has 0 saturated heterocycles. The van der Waals surface area contributed by atoms with Crippen LogP contribution >= 0.6 is 0 Å². The Morgan fingerprint density at radius 1 is 1.27 bits per heavy atom. The molecule has 0 spiro atoms. The van der Waals surface area contributed by atoms with Gasteiger partial charge in [-0.2, -0.15) is 0 Å². The highest BCUT2D eigenvalue weighted by molar-refractivity contribution is 7.80. The Balaban J connectivity index is 2.13. The summed E-state index contributed by atoms with van der Waals surface area (Å²) in [6.07, 6.45) is 0.510. The van der Waals surface area contributed by atoms with Gasteiger partial charge in [-0.05, 0) is 12.1 Å². The second kappa shape index (κ2) is 5.82. The van der Waals surface area contributed by atoms with Crippen molar-refractivity contribution in [1.82, 2.24) is 0 Å². The van der Waals surface area contributed by atoms with E-state index in [2.05, 4.69) is 4.18 Å². The average Bonchev–Trinajstić information content (AvgIpc) is 2.17. The van der Waals surface area contributed by atoms with Crippen molar-refractivity contribution in [3.05, 3.63) is 30.3 Å². The first-order chi connectivity index (χ1) is 7.08. The number of hydrogen-bond acceptors (Lipinski definition) is 4. The smallest absolute Gasteiger partial charge is 0.217 e. The van der Waals surface area contributed by atoms with Crippen molar-refractivity contribution >= 4 is 16.1 Å². The van der Waals surface area contributed by atoms with E-state index in [0.717, 1.165) is 5.69 Å². The maximum absolute atomic E-state index is 10.1. The van der Waals surface area contributed by atoms with E-state index >= 15 is 0 Å². The summed E-state index contributed by atoms with van der Waals surface area (Å²) in [7, 11) is -4.53. The summed E-state index contributed by atoms with van der Waals surface area (Å²) in [5.41, 5.74) is 1.07. The summed E-state index contributed by atoms with van der Waals surface area (Å²) < 4.78 is 34.3. The molecule has 0 aliphatic rings. The van der Waals surface area contributed by atoms with Gasteiger partial charge in [0.15, 0.2) is 0 Å². The third-order valence-corrected chi connectivity index (χ3v) is 2.21. The van der Waals surface area contributed by atoms with Crippen molar-refractivity contribution in [2.24, 2.45) is 0 Å². The standard InChI is InChI=1S/C9H13NO4S/c11-15(12,13)14-8-4-7-10-9-5-2-1-3-6-9/h1-3,5-6,10H,4,7-8H2,(H,11,12,13). The van der Waals surface area contributed by atoms with Crippen LogP contribution in [0.5, 0.6) is 0 Å². The highest BCUT2D eigenvalue weighted by atomic mass is 32.3. The number of rotatable bonds is 6. The lowest BCUT2D eigenvalue weighted by Crippen LogP contribution is -2.78. The zero-order valence-electron chi connectivity index (χ0n) is 8.13. The second-order valence-corrected chi connectivity index (χ2v) is 4.04. The van der Waals surface area contributed by atoms with Gasteiger partial charge >= 0.3 is 0 Å². The Labute approximate surface area is 89.0 Å². The van der Waals surface area contributed by atoms with Gasteiger partial charge in [0.05, 0.1) is 13.2 Å². The Hall–Kier alpha value is -0.950. The van der Waals surface area contributed by atoms with E-state index in [1.54, 1.807) is 0 Å². The maximum Gasteiger partial charge on any atom is 0.217 e. The summed E-state index contributed by atoms with van der Waals surface area (Å²) >= 11 is 0. The van der Waals surface area contributed by atoms with Crippen LogP contribution in [0.1, 0.15) is 6.42 Å². The van der Waals surface area contributed by atoms with Gasteiger partial charge in [0.25, 0.3) is 0 Å². The molecule has 1 aromatic rings. The molecule has 0 atom stereocenters. The third kappa shape index (κ3) is 6.19. The van der Waals surface area contributed by atoms with Crippen molar-refractivity contribution in [3.63, 3.8) is 0 Å². The quantitative estimate of drug-likeness (QED) is 0.317. The van der Waals surface area contributed by atoms with Crippen LogP contribution in [0.4, 0.5) is 5.69 Å². The van der Waals surface area contributed by atoms with E-state index in [1.807, 2.05) is 35.6 Å². The van der Waals surface area contributed by atoms with E-state index in [-0.39, 0.29) is 6.61 Å². The van der Waals surface area contributed by atoms with E-state index in [0.29, 0.717) is 13.0 Å². The molecule has 0 bridgehead atoms. The molecule has 0 aromatic heterocycles. The normalized spacial score (nSPS) is 11.5. The molecule has 1 aromatic carbocycles. The van der Waals surface area contributed by atoms with Gasteiger partial charge < -0.3 is 9.87 Å². The lowest BCUT2D eigenvalue weighted by molar-refractivity contribution is -0.572. The maximum atomic E-state index is 10.1. The van der Waals surface area contributed by atoms with E-state index < -0.39 is 10.4 Å². The fourth-order valence-corrected chi connectivity index (χ4v) is 1.42. The summed E-state index contributed by atoms with van der Waals surface area (Å²) in [6.45, 7) is 0.620. The molecular formula is C9H13NO4S. The predicted molar refractivity (Wildman–Crippen MR) is 53.2 cm³/mol. The van der Waals surface area contributed by atoms with Crippen molar-refractivity contribution in [3.8, 4) is 0 Å². The largest absolute Gasteiger partial charge is 0.726 e. The Morgan fingerprint density at radius 2 is 1.93 bits per heavy atom. The number of nitrogens with two attached hydrogens (primary N) is 1. The van der Waals surface area contributed by atoms with Crippen LogP contribution in [-0.2, 0) is 14.6 Å². The Bertz CT molecular complexity index is 376. The molecule has 0 saturated carbocycles. The fourth-order valence-electron chi connectivity index (χ4n) is 1.10. The van der Waals surface area contributed by atoms with Crippen LogP contribution in [0.2, 0.25) is 0 Å². The van der Waals surface area contributed by atoms with Crippen molar-refractivity contribution in [2.75, 3.05) is 13.2 Å². The first-order valence-electron chi connectivity index (χ1n) is 4.56. The molecule has 15 heavy (non-hydrogen) atoms. The molecule has 2 N–H and O–H groups in total. The van der Waals surface area contributed by atoms with E-state index in [9.17, 15) is 13.0 Å². The van der Waals surface area contributed by atoms with E-state index in [1.165, 1.54) is 0 Å². The number of quaternary nitrogens is 1. The second-order valence-electron chi connectivity index (χ2n) is 2.99. The van der Waals surface area contributed by atoms with Crippen LogP contribution in [0.3, 0.4) is 0 Å². The summed E-state index contributed by atoms with van der Waals surface area (Å²) in [6, 6.07) is 9.66. The highest BCUT2D eigenvalue weighted by Crippen LogP contribution is 1.96. The molecule has 1 rings (SSSR count). The number of benzene rings is 1. The van der Waals surface area contributed by atoms with Crippen molar-refractivity contribution < 1.29 is 22.5 Å². The first kappa shape index (κ1) is 12.1. The zero-order valence-corrected chi connectivity index (χ0v) is 8.94. The van der Waals surface area contributed by atoms with Gasteiger partial charge in [0, 0.05) is 6.42 Å². The fraction of sp³-hybridized carbons (Fsp3) is 0.333. The van der Waals surface area contributed by atoms with Crippen LogP contribution < -0.4 is 5.32 Å². The molecule has 0 fully saturated rings. The first-order valence-corrected chi connectivity index (χ1v) is 5.90. The molecule has 0 aliphatic heterocycles. The summed E-state index contributed by atoms with van der Waals surface area (Å²) in [4.78, 5) is 0. The number of hydrogen-bond donors (Lipinski definition) is 1. The molecule has 0 radical (unpaired) electrons. The molecule has 84 valence electrons. The predicted octanol–water partition coefficient (Wildman–Crippen LogP) is -0.252. The molecule has 0 amide bonds. The number of para-hydroxylation sites is 1. The zero-order chi connectivity index (χ0) is 11.1. The monoisotopic (exact) mass is 231 g/mol. The molecule has 0 heterocycles. The van der Waals surface area contributed by atoms with Crippen molar-refractivity contribution in [1.29, 1.82) is 0 Å². The SMILES string of the molecule is O=S(=O)([O-])OCCC[NH2+]c1ccccc1. The van der Waals surface area contributed by atoms with Crippen molar-refractivity contribution in [2.45, 2.75) is 6.42 Å². The summed E-state index contributed by atoms with van der Waals surface area (Å²) in [5, 5.41) is 1.96. The van der Waals surface area contributed by atoms with Gasteiger partial charge in [0.2, 0.25) is 10.4 Å². The minimum atomic E-state index is -4.53. The third-order valence-electron chi connectivity index (χ3n) is 1.76. The topological polar surface area (TPSA) is 83.0 Å². The Morgan fingerprint density at radius 3 is 2.53 bits per heavy atom. The molecule has 6 heteroatoms. The lowest BCUT2D eigenvalue weighted by Gasteiger charge is -2.06. The molecular weight excluding hydrogens is 218 g/mol. The summed E-state index contributed by atoms with van der Waals surface area (Å²) in [5.74, 6) is 0. The van der Waals surface area contributed by atoms with Crippen LogP contribution in [0.25, 0.3) is 0 Å². The van der Waals surface area contributed by atoms with Gasteiger partial charge in [0.1, 0.15) is 5.69 Å². The molecule has 5 nitrogen and oxygen atoms in total. The Kier molecular flexibility index (Phi) is 4.70. The average molecular weight is 231 g/mol. The van der Waals surface area contributed by atoms with E-state index in [4.69, 9.17) is 0 Å². The van der Waals surface area contributed by atoms with Crippen LogP contribution in [-0.4, -0.2) is 26.1 Å². The van der Waals surface area contributed by atoms with Gasteiger partial charge in [-0.15, -0.1) is 0 Å². The lowest BCUT2D eigenvalue weighted by atomic mass is 10.3. The van der Waals surface area contributed by atoms with Gasteiger partial charge in [-0.25, -0.2) is 8.42 Å². The minimum absolute atomic E-state index is 0.0604. The van der Waals surface area contributed by atoms with Gasteiger partial charge in [-0.3, -0.25) is 4.18 Å². The minimum Gasteiger partial charge on any atom is -0.726 e. The van der Waals surface area contributed by atoms with Gasteiger partial charge in [-0.1, -0.05) is 18.2 Å². The molecule has 0 unspecified atom stereocenters. The van der Waals surface area contributed by atoms with Crippen LogP contribution in [0, 0.1) is 0 Å². The van der Waals surface area contributed by atoms with Crippen LogP contribution in [0.15, 0.2) is 30.3 Å².